The summed E-state index contributed by atoms with van der Waals surface area (Å²) in [6, 6.07) is 2.31. The molecule has 3 heteroatoms. The Balaban J connectivity index is 3.31. The van der Waals surface area contributed by atoms with Crippen LogP contribution in [0.15, 0.2) is 0 Å². The monoisotopic (exact) mass is 372 g/mol. The van der Waals surface area contributed by atoms with Gasteiger partial charge in [0.15, 0.2) is 0 Å². The van der Waals surface area contributed by atoms with Gasteiger partial charge in [-0.2, -0.15) is 0 Å². The fourth-order valence-electron chi connectivity index (χ4n) is 3.76. The third-order valence-corrected chi connectivity index (χ3v) is 9.40. The van der Waals surface area contributed by atoms with Crippen LogP contribution in [0.25, 0.3) is 0 Å². The van der Waals surface area contributed by atoms with Gasteiger partial charge in [-0.05, 0) is 12.1 Å². The normalized spacial score (nSPS) is 12.0. The number of hydrogen-bond acceptors (Lipinski definition) is 2. The van der Waals surface area contributed by atoms with E-state index in [1.807, 2.05) is 14.2 Å². The second-order valence-electron chi connectivity index (χ2n) is 7.77. The molecule has 0 N–H and O–H groups in total. The largest absolute Gasteiger partial charge is 0.398 e. The van der Waals surface area contributed by atoms with E-state index in [1.165, 1.54) is 109 Å². The number of unbranched alkanes of at least 4 members (excludes halogenated alkanes) is 14. The van der Waals surface area contributed by atoms with Crippen molar-refractivity contribution in [3.05, 3.63) is 0 Å². The molecule has 0 amide bonds. The molecule has 0 spiro atoms. The van der Waals surface area contributed by atoms with Gasteiger partial charge in [-0.3, -0.25) is 0 Å². The third kappa shape index (κ3) is 14.9. The Hall–Kier alpha value is 0.137. The quantitative estimate of drug-likeness (QED) is 0.159. The maximum Gasteiger partial charge on any atom is 0.337 e. The summed E-state index contributed by atoms with van der Waals surface area (Å²) in [7, 11) is 1.84. The van der Waals surface area contributed by atoms with Crippen molar-refractivity contribution in [3.63, 3.8) is 0 Å². The third-order valence-electron chi connectivity index (χ3n) is 5.54. The van der Waals surface area contributed by atoms with E-state index in [0.29, 0.717) is 0 Å². The van der Waals surface area contributed by atoms with E-state index in [4.69, 9.17) is 8.85 Å². The van der Waals surface area contributed by atoms with Gasteiger partial charge < -0.3 is 8.85 Å². The Morgan fingerprint density at radius 2 is 0.800 bits per heavy atom. The summed E-state index contributed by atoms with van der Waals surface area (Å²) in [5.41, 5.74) is 0. The highest BCUT2D eigenvalue weighted by Crippen LogP contribution is 2.23. The van der Waals surface area contributed by atoms with Crippen molar-refractivity contribution in [2.45, 2.75) is 129 Å². The van der Waals surface area contributed by atoms with E-state index in [0.717, 1.165) is 6.04 Å². The average molecular weight is 373 g/mol. The Bertz CT molecular complexity index is 254. The predicted octanol–water partition coefficient (Wildman–Crippen LogP) is 8.00. The van der Waals surface area contributed by atoms with Crippen LogP contribution in [0.5, 0.6) is 0 Å². The van der Waals surface area contributed by atoms with Crippen LogP contribution in [0, 0.1) is 0 Å². The molecular formula is C22H48O2Si. The lowest BCUT2D eigenvalue weighted by molar-refractivity contribution is 0.239. The molecule has 0 atom stereocenters. The molecule has 0 heterocycles. The molecular weight excluding hydrogens is 324 g/mol. The minimum Gasteiger partial charge on any atom is -0.398 e. The van der Waals surface area contributed by atoms with Crippen LogP contribution in [0.2, 0.25) is 12.1 Å². The first kappa shape index (κ1) is 25.1. The van der Waals surface area contributed by atoms with Crippen LogP contribution in [-0.4, -0.2) is 22.8 Å². The van der Waals surface area contributed by atoms with Crippen molar-refractivity contribution in [2.75, 3.05) is 14.2 Å². The van der Waals surface area contributed by atoms with E-state index in [1.54, 1.807) is 0 Å². The van der Waals surface area contributed by atoms with Crippen LogP contribution in [0.3, 0.4) is 0 Å². The van der Waals surface area contributed by atoms with Gasteiger partial charge in [-0.1, -0.05) is 117 Å². The summed E-state index contributed by atoms with van der Waals surface area (Å²) < 4.78 is 11.5. The fourth-order valence-corrected chi connectivity index (χ4v) is 6.55. The minimum atomic E-state index is -1.85. The van der Waals surface area contributed by atoms with Crippen LogP contribution < -0.4 is 0 Å². The van der Waals surface area contributed by atoms with Crippen molar-refractivity contribution in [3.8, 4) is 0 Å². The molecule has 0 bridgehead atoms. The molecule has 0 aliphatic rings. The average Bonchev–Trinajstić information content (AvgIpc) is 2.64. The Morgan fingerprint density at radius 3 is 1.12 bits per heavy atom. The Morgan fingerprint density at radius 1 is 0.440 bits per heavy atom. The molecule has 0 unspecified atom stereocenters. The summed E-state index contributed by atoms with van der Waals surface area (Å²) in [5, 5.41) is 0. The molecule has 0 radical (unpaired) electrons. The lowest BCUT2D eigenvalue weighted by Gasteiger charge is -2.27. The number of rotatable bonds is 20. The second kappa shape index (κ2) is 18.9. The molecule has 25 heavy (non-hydrogen) atoms. The van der Waals surface area contributed by atoms with Crippen LogP contribution in [0.1, 0.15) is 117 Å². The highest BCUT2D eigenvalue weighted by Gasteiger charge is 2.33. The molecule has 0 saturated carbocycles. The summed E-state index contributed by atoms with van der Waals surface area (Å²) >= 11 is 0. The molecule has 152 valence electrons. The van der Waals surface area contributed by atoms with Gasteiger partial charge in [0.1, 0.15) is 0 Å². The highest BCUT2D eigenvalue weighted by atomic mass is 28.4. The van der Waals surface area contributed by atoms with Gasteiger partial charge in [0, 0.05) is 14.2 Å². The zero-order valence-corrected chi connectivity index (χ0v) is 19.0. The van der Waals surface area contributed by atoms with Crippen LogP contribution in [0.4, 0.5) is 0 Å². The highest BCUT2D eigenvalue weighted by molar-refractivity contribution is 6.67. The first-order valence-corrected chi connectivity index (χ1v) is 13.6. The Kier molecular flexibility index (Phi) is 19.0. The molecule has 0 saturated heterocycles. The molecule has 0 fully saturated rings. The van der Waals surface area contributed by atoms with E-state index in [-0.39, 0.29) is 0 Å². The van der Waals surface area contributed by atoms with Gasteiger partial charge in [-0.25, -0.2) is 0 Å². The minimum absolute atomic E-state index is 1.14. The molecule has 0 aromatic rings. The maximum atomic E-state index is 5.76. The second-order valence-corrected chi connectivity index (χ2v) is 11.4. The molecule has 0 aliphatic heterocycles. The van der Waals surface area contributed by atoms with E-state index in [9.17, 15) is 0 Å². The van der Waals surface area contributed by atoms with Crippen molar-refractivity contribution in [1.29, 1.82) is 0 Å². The predicted molar refractivity (Wildman–Crippen MR) is 115 cm³/mol. The maximum absolute atomic E-state index is 5.76. The van der Waals surface area contributed by atoms with Gasteiger partial charge in [0.2, 0.25) is 0 Å². The molecule has 0 rings (SSSR count). The summed E-state index contributed by atoms with van der Waals surface area (Å²) in [6.07, 6.45) is 22.5. The Labute approximate surface area is 160 Å². The fraction of sp³-hybridized carbons (Fsp3) is 1.00. The zero-order valence-electron chi connectivity index (χ0n) is 18.0. The first-order valence-electron chi connectivity index (χ1n) is 11.3. The summed E-state index contributed by atoms with van der Waals surface area (Å²) in [5.74, 6) is 0. The molecule has 0 aromatic carbocycles. The molecule has 2 nitrogen and oxygen atoms in total. The van der Waals surface area contributed by atoms with Crippen molar-refractivity contribution < 1.29 is 8.85 Å². The van der Waals surface area contributed by atoms with Gasteiger partial charge in [0.05, 0.1) is 0 Å². The lowest BCUT2D eigenvalue weighted by atomic mass is 10.0. The zero-order chi connectivity index (χ0) is 18.6. The SMILES string of the molecule is CCCCCCCCCCCCCCCCC[Si](CCC)(OC)OC. The van der Waals surface area contributed by atoms with Gasteiger partial charge in [0.25, 0.3) is 0 Å². The summed E-state index contributed by atoms with van der Waals surface area (Å²) in [6.45, 7) is 4.52. The lowest BCUT2D eigenvalue weighted by Crippen LogP contribution is -2.39. The van der Waals surface area contributed by atoms with E-state index < -0.39 is 8.56 Å². The van der Waals surface area contributed by atoms with Crippen molar-refractivity contribution in [2.24, 2.45) is 0 Å². The van der Waals surface area contributed by atoms with Gasteiger partial charge in [-0.15, -0.1) is 0 Å². The van der Waals surface area contributed by atoms with Crippen molar-refractivity contribution in [1.82, 2.24) is 0 Å². The van der Waals surface area contributed by atoms with E-state index >= 15 is 0 Å². The number of hydrogen-bond donors (Lipinski definition) is 0. The van der Waals surface area contributed by atoms with Crippen LogP contribution >= 0.6 is 0 Å². The molecule has 0 aromatic heterocycles. The van der Waals surface area contributed by atoms with Gasteiger partial charge >= 0.3 is 8.56 Å². The summed E-state index contributed by atoms with van der Waals surface area (Å²) in [4.78, 5) is 0. The van der Waals surface area contributed by atoms with Crippen molar-refractivity contribution >= 4 is 8.56 Å². The smallest absolute Gasteiger partial charge is 0.337 e. The van der Waals surface area contributed by atoms with E-state index in [2.05, 4.69) is 13.8 Å². The first-order chi connectivity index (χ1) is 12.2. The standard InChI is InChI=1S/C22H48O2Si/c1-5-7-8-9-10-11-12-13-14-15-16-17-18-19-20-22-25(23-3,24-4)21-6-2/h5-22H2,1-4H3. The van der Waals surface area contributed by atoms with Crippen LogP contribution in [-0.2, 0) is 8.85 Å². The molecule has 0 aliphatic carbocycles. The topological polar surface area (TPSA) is 18.5 Å².